The Kier molecular flexibility index (Phi) is 4.42. The first-order chi connectivity index (χ1) is 9.32. The van der Waals surface area contributed by atoms with Gasteiger partial charge in [-0.15, -0.1) is 0 Å². The van der Waals surface area contributed by atoms with Gasteiger partial charge in [0.2, 0.25) is 0 Å². The van der Waals surface area contributed by atoms with Crippen LogP contribution in [0.1, 0.15) is 39.5 Å². The summed E-state index contributed by atoms with van der Waals surface area (Å²) >= 11 is 0. The van der Waals surface area contributed by atoms with Gasteiger partial charge < -0.3 is 10.2 Å². The van der Waals surface area contributed by atoms with Crippen LogP contribution in [0.15, 0.2) is 12.2 Å². The minimum absolute atomic E-state index is 0.0536. The second kappa shape index (κ2) is 5.76. The Hall–Kier alpha value is -1.04. The van der Waals surface area contributed by atoms with Crippen molar-refractivity contribution in [3.63, 3.8) is 0 Å². The number of rotatable bonds is 1. The molecule has 6 heteroatoms. The van der Waals surface area contributed by atoms with E-state index < -0.39 is 14.6 Å². The van der Waals surface area contributed by atoms with Gasteiger partial charge in [0.25, 0.3) is 0 Å². The quantitative estimate of drug-likeness (QED) is 0.750. The number of carbonyl (C=O) groups is 1. The Balaban J connectivity index is 1.96. The molecule has 1 unspecified atom stereocenters. The number of sulfone groups is 1. The lowest BCUT2D eigenvalue weighted by Gasteiger charge is -2.26. The minimum Gasteiger partial charge on any atom is -0.335 e. The van der Waals surface area contributed by atoms with Gasteiger partial charge >= 0.3 is 6.03 Å². The highest BCUT2D eigenvalue weighted by Gasteiger charge is 2.38. The molecule has 2 rings (SSSR count). The first kappa shape index (κ1) is 15.4. The molecule has 0 aromatic heterocycles. The van der Waals surface area contributed by atoms with Crippen LogP contribution >= 0.6 is 0 Å². The summed E-state index contributed by atoms with van der Waals surface area (Å²) in [6, 6.07) is 0.0542. The van der Waals surface area contributed by atoms with Gasteiger partial charge in [-0.25, -0.2) is 13.2 Å². The van der Waals surface area contributed by atoms with Gasteiger partial charge in [-0.2, -0.15) is 0 Å². The van der Waals surface area contributed by atoms with Crippen molar-refractivity contribution in [2.75, 3.05) is 18.8 Å². The molecule has 5 nitrogen and oxygen atoms in total. The van der Waals surface area contributed by atoms with Crippen LogP contribution in [-0.4, -0.2) is 49.0 Å². The molecule has 0 aromatic carbocycles. The molecule has 1 aliphatic carbocycles. The average Bonchev–Trinajstić information content (AvgIpc) is 2.48. The third-order valence-corrected chi connectivity index (χ3v) is 6.95. The summed E-state index contributed by atoms with van der Waals surface area (Å²) in [5.41, 5.74) is 0. The van der Waals surface area contributed by atoms with E-state index in [-0.39, 0.29) is 17.8 Å². The fourth-order valence-electron chi connectivity index (χ4n) is 2.57. The van der Waals surface area contributed by atoms with Crippen molar-refractivity contribution in [1.82, 2.24) is 10.2 Å². The number of hydrogen-bond acceptors (Lipinski definition) is 3. The molecule has 1 atom stereocenters. The molecule has 2 amide bonds. The molecule has 1 N–H and O–H groups in total. The van der Waals surface area contributed by atoms with Gasteiger partial charge in [-0.3, -0.25) is 0 Å². The SMILES string of the molecule is CC1(C)CCN(C(=O)NC2CC=CCC2)CCS1(=O)=O. The summed E-state index contributed by atoms with van der Waals surface area (Å²) in [7, 11) is -3.13. The van der Waals surface area contributed by atoms with E-state index in [4.69, 9.17) is 0 Å². The first-order valence-electron chi connectivity index (χ1n) is 7.24. The average molecular weight is 300 g/mol. The van der Waals surface area contributed by atoms with Crippen molar-refractivity contribution in [3.8, 4) is 0 Å². The lowest BCUT2D eigenvalue weighted by molar-refractivity contribution is 0.195. The fraction of sp³-hybridized carbons (Fsp3) is 0.786. The molecule has 0 aromatic rings. The van der Waals surface area contributed by atoms with Crippen molar-refractivity contribution in [3.05, 3.63) is 12.2 Å². The Labute approximate surface area is 121 Å². The zero-order valence-corrected chi connectivity index (χ0v) is 13.1. The van der Waals surface area contributed by atoms with Gasteiger partial charge in [-0.1, -0.05) is 12.2 Å². The maximum Gasteiger partial charge on any atom is 0.317 e. The van der Waals surface area contributed by atoms with Crippen molar-refractivity contribution in [2.45, 2.75) is 50.3 Å². The maximum absolute atomic E-state index is 12.2. The number of urea groups is 1. The highest BCUT2D eigenvalue weighted by atomic mass is 32.2. The van der Waals surface area contributed by atoms with Gasteiger partial charge in [0, 0.05) is 19.1 Å². The molecule has 20 heavy (non-hydrogen) atoms. The number of allylic oxidation sites excluding steroid dienone is 1. The Morgan fingerprint density at radius 1 is 1.30 bits per heavy atom. The number of hydrogen-bond donors (Lipinski definition) is 1. The molecule has 1 fully saturated rings. The van der Waals surface area contributed by atoms with E-state index in [1.807, 2.05) is 0 Å². The van der Waals surface area contributed by atoms with Crippen molar-refractivity contribution in [1.29, 1.82) is 0 Å². The van der Waals surface area contributed by atoms with Gasteiger partial charge in [0.15, 0.2) is 9.84 Å². The van der Waals surface area contributed by atoms with E-state index in [9.17, 15) is 13.2 Å². The van der Waals surface area contributed by atoms with E-state index in [1.165, 1.54) is 0 Å². The van der Waals surface area contributed by atoms with Gasteiger partial charge in [-0.05, 0) is 39.5 Å². The van der Waals surface area contributed by atoms with Crippen LogP contribution in [0.5, 0.6) is 0 Å². The van der Waals surface area contributed by atoms with Crippen LogP contribution in [0.25, 0.3) is 0 Å². The monoisotopic (exact) mass is 300 g/mol. The number of carbonyl (C=O) groups excluding carboxylic acids is 1. The minimum atomic E-state index is -3.13. The third kappa shape index (κ3) is 3.34. The lowest BCUT2D eigenvalue weighted by atomic mass is 10.0. The van der Waals surface area contributed by atoms with Crippen LogP contribution in [0.3, 0.4) is 0 Å². The topological polar surface area (TPSA) is 66.5 Å². The number of nitrogens with one attached hydrogen (secondary N) is 1. The molecule has 1 heterocycles. The summed E-state index contributed by atoms with van der Waals surface area (Å²) in [6.45, 7) is 4.28. The summed E-state index contributed by atoms with van der Waals surface area (Å²) in [4.78, 5) is 13.9. The second-order valence-corrected chi connectivity index (χ2v) is 8.99. The number of amides is 2. The van der Waals surface area contributed by atoms with E-state index in [2.05, 4.69) is 17.5 Å². The van der Waals surface area contributed by atoms with Crippen LogP contribution in [0.4, 0.5) is 4.79 Å². The van der Waals surface area contributed by atoms with E-state index in [0.717, 1.165) is 19.3 Å². The Morgan fingerprint density at radius 3 is 2.70 bits per heavy atom. The molecular formula is C14H24N2O3S. The summed E-state index contributed by atoms with van der Waals surface area (Å²) < 4.78 is 23.5. The number of nitrogens with zero attached hydrogens (tertiary/aromatic N) is 1. The van der Waals surface area contributed by atoms with Gasteiger partial charge in [0.1, 0.15) is 0 Å². The third-order valence-electron chi connectivity index (χ3n) is 4.34. The van der Waals surface area contributed by atoms with Crippen LogP contribution < -0.4 is 5.32 Å². The van der Waals surface area contributed by atoms with Crippen LogP contribution in [0.2, 0.25) is 0 Å². The van der Waals surface area contributed by atoms with Gasteiger partial charge in [0.05, 0.1) is 10.5 Å². The molecule has 1 saturated heterocycles. The highest BCUT2D eigenvalue weighted by molar-refractivity contribution is 7.92. The largest absolute Gasteiger partial charge is 0.335 e. The molecule has 2 aliphatic rings. The molecule has 114 valence electrons. The molecule has 0 bridgehead atoms. The van der Waals surface area contributed by atoms with Crippen LogP contribution in [-0.2, 0) is 9.84 Å². The fourth-order valence-corrected chi connectivity index (χ4v) is 3.99. The summed E-state index contributed by atoms with van der Waals surface area (Å²) in [5.74, 6) is 0.0536. The molecule has 0 saturated carbocycles. The molecule has 0 radical (unpaired) electrons. The molecule has 1 aliphatic heterocycles. The smallest absolute Gasteiger partial charge is 0.317 e. The molecule has 0 spiro atoms. The predicted molar refractivity (Wildman–Crippen MR) is 79.4 cm³/mol. The summed E-state index contributed by atoms with van der Waals surface area (Å²) in [5, 5.41) is 3.01. The first-order valence-corrected chi connectivity index (χ1v) is 8.90. The predicted octanol–water partition coefficient (Wildman–Crippen LogP) is 1.70. The zero-order chi connectivity index (χ0) is 14.8. The van der Waals surface area contributed by atoms with Crippen molar-refractivity contribution < 1.29 is 13.2 Å². The van der Waals surface area contributed by atoms with Crippen molar-refractivity contribution >= 4 is 15.9 Å². The normalized spacial score (nSPS) is 28.7. The Bertz CT molecular complexity index is 497. The Morgan fingerprint density at radius 2 is 2.05 bits per heavy atom. The standard InChI is InChI=1S/C14H24N2O3S/c1-14(2)8-9-16(10-11-20(14,18)19)13(17)15-12-6-4-3-5-7-12/h3-4,12H,5-11H2,1-2H3,(H,15,17). The van der Waals surface area contributed by atoms with E-state index in [0.29, 0.717) is 19.5 Å². The highest BCUT2D eigenvalue weighted by Crippen LogP contribution is 2.25. The van der Waals surface area contributed by atoms with Crippen LogP contribution in [0, 0.1) is 0 Å². The summed E-state index contributed by atoms with van der Waals surface area (Å²) in [6.07, 6.45) is 7.52. The lowest BCUT2D eigenvalue weighted by Crippen LogP contribution is -2.46. The maximum atomic E-state index is 12.2. The van der Waals surface area contributed by atoms with Crippen molar-refractivity contribution in [2.24, 2.45) is 0 Å². The van der Waals surface area contributed by atoms with E-state index in [1.54, 1.807) is 18.7 Å². The second-order valence-electron chi connectivity index (χ2n) is 6.25. The van der Waals surface area contributed by atoms with E-state index >= 15 is 0 Å². The zero-order valence-electron chi connectivity index (χ0n) is 12.3. The molecular weight excluding hydrogens is 276 g/mol.